The zero-order valence-electron chi connectivity index (χ0n) is 12.7. The van der Waals surface area contributed by atoms with Gasteiger partial charge in [0.05, 0.1) is 5.92 Å². The van der Waals surface area contributed by atoms with E-state index in [1.54, 1.807) is 0 Å². The third kappa shape index (κ3) is 4.39. The Bertz CT molecular complexity index is 385. The number of rotatable bonds is 7. The molecule has 1 fully saturated rings. The van der Waals surface area contributed by atoms with Crippen LogP contribution in [-0.4, -0.2) is 63.1 Å². The summed E-state index contributed by atoms with van der Waals surface area (Å²) in [6.45, 7) is 3.81. The first-order valence-corrected chi connectivity index (χ1v) is 7.46. The van der Waals surface area contributed by atoms with Gasteiger partial charge in [-0.1, -0.05) is 26.7 Å². The molecule has 0 saturated carbocycles. The van der Waals surface area contributed by atoms with Crippen molar-refractivity contribution in [3.8, 4) is 0 Å². The van der Waals surface area contributed by atoms with E-state index < -0.39 is 42.6 Å². The molecule has 0 aromatic rings. The molecule has 1 aliphatic rings. The molecule has 0 bridgehead atoms. The van der Waals surface area contributed by atoms with Crippen LogP contribution in [0.3, 0.4) is 0 Å². The van der Waals surface area contributed by atoms with E-state index in [9.17, 15) is 24.9 Å². The van der Waals surface area contributed by atoms with Crippen molar-refractivity contribution in [2.75, 3.05) is 0 Å². The summed E-state index contributed by atoms with van der Waals surface area (Å²) in [6.07, 6.45) is -5.78. The standard InChI is InChI=1S/C14H24O8/c1-3-5-6-7(4-2)13(20)22-14-10(17)8(15)9(16)11(21-14)12(18)19/h7-11,14-17H,3-6H2,1-2H3,(H,18,19)/t7-,8+,9+,10-,11+,14+/m1/s1. The van der Waals surface area contributed by atoms with Gasteiger partial charge in [0.2, 0.25) is 6.29 Å². The van der Waals surface area contributed by atoms with Gasteiger partial charge in [-0.25, -0.2) is 4.79 Å². The highest BCUT2D eigenvalue weighted by atomic mass is 16.7. The average Bonchev–Trinajstić information content (AvgIpc) is 2.48. The number of esters is 1. The van der Waals surface area contributed by atoms with Crippen LogP contribution in [0.4, 0.5) is 0 Å². The number of aliphatic hydroxyl groups is 3. The van der Waals surface area contributed by atoms with E-state index in [2.05, 4.69) is 0 Å². The molecule has 0 aromatic heterocycles. The van der Waals surface area contributed by atoms with Crippen LogP contribution in [0.25, 0.3) is 0 Å². The quantitative estimate of drug-likeness (QED) is 0.467. The van der Waals surface area contributed by atoms with Gasteiger partial charge in [0.25, 0.3) is 0 Å². The molecule has 1 heterocycles. The maximum atomic E-state index is 12.1. The summed E-state index contributed by atoms with van der Waals surface area (Å²) in [6, 6.07) is 0. The molecule has 8 nitrogen and oxygen atoms in total. The minimum Gasteiger partial charge on any atom is -0.479 e. The van der Waals surface area contributed by atoms with E-state index in [1.165, 1.54) is 0 Å². The molecule has 128 valence electrons. The predicted octanol–water partition coefficient (Wildman–Crippen LogP) is -0.362. The third-order valence-corrected chi connectivity index (χ3v) is 3.78. The Hall–Kier alpha value is -1.22. The first-order valence-electron chi connectivity index (χ1n) is 7.46. The van der Waals surface area contributed by atoms with E-state index in [0.29, 0.717) is 12.8 Å². The van der Waals surface area contributed by atoms with Crippen LogP contribution in [0.2, 0.25) is 0 Å². The Morgan fingerprint density at radius 2 is 1.77 bits per heavy atom. The molecular formula is C14H24O8. The van der Waals surface area contributed by atoms with Crippen molar-refractivity contribution in [3.05, 3.63) is 0 Å². The van der Waals surface area contributed by atoms with Crippen LogP contribution in [0.1, 0.15) is 39.5 Å². The van der Waals surface area contributed by atoms with Crippen molar-refractivity contribution in [1.82, 2.24) is 0 Å². The Balaban J connectivity index is 2.73. The molecule has 1 saturated heterocycles. The molecule has 1 rings (SSSR count). The largest absolute Gasteiger partial charge is 0.479 e. The summed E-state index contributed by atoms with van der Waals surface area (Å²) in [4.78, 5) is 23.0. The number of carbonyl (C=O) groups is 2. The number of unbranched alkanes of at least 4 members (excludes halogenated alkanes) is 1. The van der Waals surface area contributed by atoms with Gasteiger partial charge in [0.1, 0.15) is 18.3 Å². The number of carbonyl (C=O) groups excluding carboxylic acids is 1. The molecule has 1 aliphatic heterocycles. The molecule has 4 N–H and O–H groups in total. The lowest BCUT2D eigenvalue weighted by atomic mass is 9.98. The Morgan fingerprint density at radius 1 is 1.14 bits per heavy atom. The highest BCUT2D eigenvalue weighted by Gasteiger charge is 2.48. The lowest BCUT2D eigenvalue weighted by Crippen LogP contribution is -2.60. The summed E-state index contributed by atoms with van der Waals surface area (Å²) in [5.41, 5.74) is 0. The molecule has 8 heteroatoms. The Labute approximate surface area is 128 Å². The Morgan fingerprint density at radius 3 is 2.27 bits per heavy atom. The fraction of sp³-hybridized carbons (Fsp3) is 0.857. The van der Waals surface area contributed by atoms with E-state index in [-0.39, 0.29) is 5.92 Å². The van der Waals surface area contributed by atoms with Gasteiger partial charge < -0.3 is 29.9 Å². The maximum absolute atomic E-state index is 12.1. The first kappa shape index (κ1) is 18.8. The van der Waals surface area contributed by atoms with Crippen molar-refractivity contribution in [2.24, 2.45) is 5.92 Å². The number of ether oxygens (including phenoxy) is 2. The van der Waals surface area contributed by atoms with Gasteiger partial charge in [-0.3, -0.25) is 4.79 Å². The van der Waals surface area contributed by atoms with Gasteiger partial charge in [0.15, 0.2) is 6.10 Å². The lowest BCUT2D eigenvalue weighted by Gasteiger charge is -2.38. The number of hydrogen-bond donors (Lipinski definition) is 4. The summed E-state index contributed by atoms with van der Waals surface area (Å²) in [7, 11) is 0. The van der Waals surface area contributed by atoms with Crippen molar-refractivity contribution in [2.45, 2.75) is 70.2 Å². The van der Waals surface area contributed by atoms with Crippen LogP contribution < -0.4 is 0 Å². The summed E-state index contributed by atoms with van der Waals surface area (Å²) >= 11 is 0. The molecule has 0 radical (unpaired) electrons. The highest BCUT2D eigenvalue weighted by Crippen LogP contribution is 2.24. The van der Waals surface area contributed by atoms with Crippen molar-refractivity contribution in [3.63, 3.8) is 0 Å². The average molecular weight is 320 g/mol. The zero-order chi connectivity index (χ0) is 16.9. The van der Waals surface area contributed by atoms with Crippen LogP contribution in [-0.2, 0) is 19.1 Å². The summed E-state index contributed by atoms with van der Waals surface area (Å²) in [5, 5.41) is 37.9. The molecule has 0 spiro atoms. The van der Waals surface area contributed by atoms with E-state index >= 15 is 0 Å². The maximum Gasteiger partial charge on any atom is 0.335 e. The minimum atomic E-state index is -1.80. The molecule has 6 atom stereocenters. The van der Waals surface area contributed by atoms with Crippen molar-refractivity contribution in [1.29, 1.82) is 0 Å². The van der Waals surface area contributed by atoms with Crippen molar-refractivity contribution < 1.29 is 39.5 Å². The monoisotopic (exact) mass is 320 g/mol. The SMILES string of the molecule is CCCC[C@@H](CC)C(=O)O[C@@H]1O[C@H](C(=O)O)[C@@H](O)[C@H](O)[C@H]1O. The van der Waals surface area contributed by atoms with Gasteiger partial charge in [-0.2, -0.15) is 0 Å². The van der Waals surface area contributed by atoms with E-state index in [4.69, 9.17) is 14.6 Å². The molecule has 0 unspecified atom stereocenters. The molecular weight excluding hydrogens is 296 g/mol. The van der Waals surface area contributed by atoms with Gasteiger partial charge in [-0.15, -0.1) is 0 Å². The second-order valence-corrected chi connectivity index (χ2v) is 5.42. The number of aliphatic hydroxyl groups excluding tert-OH is 3. The number of carboxylic acids is 1. The first-order chi connectivity index (χ1) is 10.3. The molecule has 0 aromatic carbocycles. The molecule has 0 aliphatic carbocycles. The number of carboxylic acid groups (broad SMARTS) is 1. The third-order valence-electron chi connectivity index (χ3n) is 3.78. The van der Waals surface area contributed by atoms with Crippen LogP contribution in [0.5, 0.6) is 0 Å². The normalized spacial score (nSPS) is 33.2. The topological polar surface area (TPSA) is 134 Å². The Kier molecular flexibility index (Phi) is 7.21. The van der Waals surface area contributed by atoms with E-state index in [1.807, 2.05) is 13.8 Å². The van der Waals surface area contributed by atoms with Gasteiger partial charge in [-0.05, 0) is 12.8 Å². The second kappa shape index (κ2) is 8.42. The summed E-state index contributed by atoms with van der Waals surface area (Å²) < 4.78 is 9.92. The van der Waals surface area contributed by atoms with Gasteiger partial charge in [0, 0.05) is 0 Å². The predicted molar refractivity (Wildman–Crippen MR) is 73.7 cm³/mol. The second-order valence-electron chi connectivity index (χ2n) is 5.42. The number of hydrogen-bond acceptors (Lipinski definition) is 7. The highest BCUT2D eigenvalue weighted by molar-refractivity contribution is 5.74. The van der Waals surface area contributed by atoms with Gasteiger partial charge >= 0.3 is 11.9 Å². The fourth-order valence-corrected chi connectivity index (χ4v) is 2.30. The number of aliphatic carboxylic acids is 1. The van der Waals surface area contributed by atoms with Crippen LogP contribution in [0.15, 0.2) is 0 Å². The summed E-state index contributed by atoms with van der Waals surface area (Å²) in [5.74, 6) is -2.52. The minimum absolute atomic E-state index is 0.386. The van der Waals surface area contributed by atoms with E-state index in [0.717, 1.165) is 12.8 Å². The van der Waals surface area contributed by atoms with Crippen LogP contribution in [0, 0.1) is 5.92 Å². The fourth-order valence-electron chi connectivity index (χ4n) is 2.30. The molecule has 22 heavy (non-hydrogen) atoms. The smallest absolute Gasteiger partial charge is 0.335 e. The lowest BCUT2D eigenvalue weighted by molar-refractivity contribution is -0.287. The van der Waals surface area contributed by atoms with Crippen molar-refractivity contribution >= 4 is 11.9 Å². The zero-order valence-corrected chi connectivity index (χ0v) is 12.7. The molecule has 0 amide bonds. The van der Waals surface area contributed by atoms with Crippen LogP contribution >= 0.6 is 0 Å².